The maximum atomic E-state index is 10.9. The summed E-state index contributed by atoms with van der Waals surface area (Å²) in [5, 5.41) is 1.49. The van der Waals surface area contributed by atoms with Crippen LogP contribution in [0.25, 0.3) is 11.0 Å². The van der Waals surface area contributed by atoms with Crippen LogP contribution in [0, 0.1) is 3.57 Å². The molecule has 0 radical (unpaired) electrons. The van der Waals surface area contributed by atoms with Gasteiger partial charge in [0.05, 0.1) is 3.57 Å². The minimum Gasteiger partial charge on any atom is -0.422 e. The molecular formula is C9H4ClIO2. The molecule has 1 aromatic carbocycles. The summed E-state index contributed by atoms with van der Waals surface area (Å²) in [6.07, 6.45) is 0. The zero-order valence-electron chi connectivity index (χ0n) is 6.38. The predicted octanol–water partition coefficient (Wildman–Crippen LogP) is 3.05. The highest BCUT2D eigenvalue weighted by Gasteiger charge is 2.03. The molecule has 0 spiro atoms. The van der Waals surface area contributed by atoms with Crippen molar-refractivity contribution in [2.75, 3.05) is 0 Å². The molecule has 0 unspecified atom stereocenters. The first-order valence-electron chi connectivity index (χ1n) is 3.56. The number of rotatable bonds is 0. The molecule has 2 nitrogen and oxygen atoms in total. The highest BCUT2D eigenvalue weighted by atomic mass is 127. The van der Waals surface area contributed by atoms with Crippen molar-refractivity contribution in [1.29, 1.82) is 0 Å². The Morgan fingerprint density at radius 3 is 2.85 bits per heavy atom. The molecule has 0 bridgehead atoms. The molecule has 2 aromatic rings. The fraction of sp³-hybridized carbons (Fsp3) is 0. The van der Waals surface area contributed by atoms with Crippen molar-refractivity contribution in [1.82, 2.24) is 0 Å². The monoisotopic (exact) mass is 306 g/mol. The molecule has 0 saturated carbocycles. The van der Waals surface area contributed by atoms with E-state index in [1.54, 1.807) is 18.2 Å². The van der Waals surface area contributed by atoms with E-state index in [9.17, 15) is 4.79 Å². The zero-order chi connectivity index (χ0) is 9.42. The van der Waals surface area contributed by atoms with Gasteiger partial charge in [0, 0.05) is 16.5 Å². The van der Waals surface area contributed by atoms with Crippen LogP contribution < -0.4 is 5.63 Å². The Balaban J connectivity index is 2.95. The van der Waals surface area contributed by atoms with E-state index in [1.807, 2.05) is 0 Å². The summed E-state index contributed by atoms with van der Waals surface area (Å²) in [6, 6.07) is 6.61. The molecule has 0 atom stereocenters. The third kappa shape index (κ3) is 1.71. The number of fused-ring (bicyclic) bond motifs is 1. The van der Waals surface area contributed by atoms with Crippen molar-refractivity contribution < 1.29 is 4.42 Å². The number of hydrogen-bond acceptors (Lipinski definition) is 2. The van der Waals surface area contributed by atoms with Crippen LogP contribution in [0.4, 0.5) is 0 Å². The van der Waals surface area contributed by atoms with Crippen molar-refractivity contribution >= 4 is 45.2 Å². The lowest BCUT2D eigenvalue weighted by atomic mass is 10.2. The Kier molecular flexibility index (Phi) is 2.29. The van der Waals surface area contributed by atoms with Gasteiger partial charge in [-0.25, -0.2) is 4.79 Å². The summed E-state index contributed by atoms with van der Waals surface area (Å²) in [5.74, 6) is 0. The first-order chi connectivity index (χ1) is 6.16. The molecule has 13 heavy (non-hydrogen) atoms. The fourth-order valence-electron chi connectivity index (χ4n) is 1.10. The van der Waals surface area contributed by atoms with Crippen molar-refractivity contribution in [3.63, 3.8) is 0 Å². The van der Waals surface area contributed by atoms with Gasteiger partial charge in [-0.3, -0.25) is 0 Å². The summed E-state index contributed by atoms with van der Waals surface area (Å²) in [6.45, 7) is 0. The Hall–Kier alpha value is -0.550. The molecule has 0 aliphatic rings. The lowest BCUT2D eigenvalue weighted by Crippen LogP contribution is -1.95. The molecule has 0 amide bonds. The van der Waals surface area contributed by atoms with Gasteiger partial charge in [-0.15, -0.1) is 0 Å². The average Bonchev–Trinajstić information content (AvgIpc) is 2.06. The second-order valence-electron chi connectivity index (χ2n) is 2.56. The normalized spacial score (nSPS) is 10.6. The van der Waals surface area contributed by atoms with Crippen LogP contribution in [0.15, 0.2) is 33.5 Å². The van der Waals surface area contributed by atoms with E-state index in [2.05, 4.69) is 22.6 Å². The summed E-state index contributed by atoms with van der Waals surface area (Å²) in [5.41, 5.74) is 0.255. The summed E-state index contributed by atoms with van der Waals surface area (Å²) >= 11 is 7.92. The summed E-state index contributed by atoms with van der Waals surface area (Å²) < 4.78 is 5.87. The van der Waals surface area contributed by atoms with Crippen LogP contribution in [0.2, 0.25) is 5.02 Å². The highest BCUT2D eigenvalue weighted by molar-refractivity contribution is 14.1. The first kappa shape index (κ1) is 9.02. The maximum absolute atomic E-state index is 10.9. The lowest BCUT2D eigenvalue weighted by molar-refractivity contribution is 0.559. The van der Waals surface area contributed by atoms with Crippen LogP contribution >= 0.6 is 34.2 Å². The smallest absolute Gasteiger partial charge is 0.336 e. The Morgan fingerprint density at radius 1 is 1.31 bits per heavy atom. The molecule has 0 N–H and O–H groups in total. The molecule has 0 fully saturated rings. The van der Waals surface area contributed by atoms with E-state index in [-0.39, 0.29) is 5.63 Å². The fourth-order valence-corrected chi connectivity index (χ4v) is 2.27. The second-order valence-corrected chi connectivity index (χ2v) is 4.16. The van der Waals surface area contributed by atoms with E-state index in [4.69, 9.17) is 16.0 Å². The van der Waals surface area contributed by atoms with E-state index in [0.29, 0.717) is 10.6 Å². The van der Waals surface area contributed by atoms with Crippen LogP contribution in [0.1, 0.15) is 0 Å². The van der Waals surface area contributed by atoms with Gasteiger partial charge < -0.3 is 4.42 Å². The minimum absolute atomic E-state index is 0.340. The molecule has 0 saturated heterocycles. The van der Waals surface area contributed by atoms with E-state index in [0.717, 1.165) is 8.96 Å². The third-order valence-electron chi connectivity index (χ3n) is 1.64. The van der Waals surface area contributed by atoms with E-state index in [1.165, 1.54) is 6.07 Å². The highest BCUT2D eigenvalue weighted by Crippen LogP contribution is 2.23. The van der Waals surface area contributed by atoms with Crippen molar-refractivity contribution in [2.45, 2.75) is 0 Å². The van der Waals surface area contributed by atoms with Crippen molar-refractivity contribution in [3.05, 3.63) is 43.3 Å². The number of benzene rings is 1. The minimum atomic E-state index is -0.340. The van der Waals surface area contributed by atoms with E-state index >= 15 is 0 Å². The molecule has 4 heteroatoms. The Bertz CT molecular complexity index is 518. The van der Waals surface area contributed by atoms with Gasteiger partial charge in [0.1, 0.15) is 0 Å². The predicted molar refractivity (Wildman–Crippen MR) is 60.2 cm³/mol. The van der Waals surface area contributed by atoms with Crippen molar-refractivity contribution in [3.8, 4) is 0 Å². The van der Waals surface area contributed by atoms with Crippen molar-refractivity contribution in [2.24, 2.45) is 0 Å². The molecule has 0 aliphatic carbocycles. The Morgan fingerprint density at radius 2 is 2.08 bits per heavy atom. The third-order valence-corrected chi connectivity index (χ3v) is 2.66. The summed E-state index contributed by atoms with van der Waals surface area (Å²) in [7, 11) is 0. The van der Waals surface area contributed by atoms with Gasteiger partial charge in [-0.2, -0.15) is 0 Å². The standard InChI is InChI=1S/C9H4ClIO2/c10-6-3-5-1-2-8(12)13-9(5)7(11)4-6/h1-4H. The SMILES string of the molecule is O=c1ccc2cc(Cl)cc(I)c2o1. The molecule has 2 rings (SSSR count). The maximum Gasteiger partial charge on any atom is 0.336 e. The van der Waals surface area contributed by atoms with Gasteiger partial charge >= 0.3 is 5.63 Å². The molecular weight excluding hydrogens is 302 g/mol. The van der Waals surface area contributed by atoms with Gasteiger partial charge in [-0.1, -0.05) is 11.6 Å². The van der Waals surface area contributed by atoms with Gasteiger partial charge in [0.15, 0.2) is 5.58 Å². The van der Waals surface area contributed by atoms with Crippen LogP contribution in [0.5, 0.6) is 0 Å². The van der Waals surface area contributed by atoms with Gasteiger partial charge in [0.25, 0.3) is 0 Å². The zero-order valence-corrected chi connectivity index (χ0v) is 9.30. The number of hydrogen-bond donors (Lipinski definition) is 0. The van der Waals surface area contributed by atoms with Crippen LogP contribution in [0.3, 0.4) is 0 Å². The van der Waals surface area contributed by atoms with E-state index < -0.39 is 0 Å². The largest absolute Gasteiger partial charge is 0.422 e. The molecule has 1 heterocycles. The van der Waals surface area contributed by atoms with Gasteiger partial charge in [-0.05, 0) is 40.8 Å². The summed E-state index contributed by atoms with van der Waals surface area (Å²) in [4.78, 5) is 10.9. The van der Waals surface area contributed by atoms with Crippen LogP contribution in [-0.2, 0) is 0 Å². The Labute approximate surface area is 92.6 Å². The quantitative estimate of drug-likeness (QED) is 0.553. The lowest BCUT2D eigenvalue weighted by Gasteiger charge is -1.98. The molecule has 0 aliphatic heterocycles. The molecule has 1 aromatic heterocycles. The van der Waals surface area contributed by atoms with Gasteiger partial charge in [0.2, 0.25) is 0 Å². The average molecular weight is 306 g/mol. The van der Waals surface area contributed by atoms with Crippen LogP contribution in [-0.4, -0.2) is 0 Å². The first-order valence-corrected chi connectivity index (χ1v) is 5.01. The topological polar surface area (TPSA) is 30.2 Å². The second kappa shape index (κ2) is 3.31. The molecule has 66 valence electrons. The number of halogens is 2.